The number of carbonyl (C=O) groups excluding carboxylic acids is 1. The summed E-state index contributed by atoms with van der Waals surface area (Å²) in [5.41, 5.74) is 3.32. The van der Waals surface area contributed by atoms with Crippen molar-refractivity contribution < 1.29 is 4.79 Å². The molecule has 0 aromatic heterocycles. The molecule has 1 aromatic rings. The van der Waals surface area contributed by atoms with Gasteiger partial charge in [-0.3, -0.25) is 4.79 Å². The van der Waals surface area contributed by atoms with Gasteiger partial charge < -0.3 is 10.2 Å². The van der Waals surface area contributed by atoms with Crippen molar-refractivity contribution in [3.8, 4) is 0 Å². The van der Waals surface area contributed by atoms with Gasteiger partial charge in [0.15, 0.2) is 0 Å². The van der Waals surface area contributed by atoms with Crippen LogP contribution in [0.1, 0.15) is 36.2 Å². The Morgan fingerprint density at radius 3 is 3.05 bits per heavy atom. The van der Waals surface area contributed by atoms with Gasteiger partial charge in [0.2, 0.25) is 0 Å². The van der Waals surface area contributed by atoms with Gasteiger partial charge in [-0.25, -0.2) is 0 Å². The molecule has 0 bridgehead atoms. The van der Waals surface area contributed by atoms with E-state index in [0.717, 1.165) is 43.8 Å². The Morgan fingerprint density at radius 1 is 1.40 bits per heavy atom. The summed E-state index contributed by atoms with van der Waals surface area (Å²) in [6.45, 7) is 7.17. The van der Waals surface area contributed by atoms with Gasteiger partial charge in [0.25, 0.3) is 5.91 Å². The van der Waals surface area contributed by atoms with Crippen molar-refractivity contribution in [2.45, 2.75) is 31.4 Å². The fourth-order valence-electron chi connectivity index (χ4n) is 2.98. The SMILES string of the molecule is CC1(C)CN(C(=O)c2ccc3c(c2)CCCN3)CCS1. The number of benzene rings is 1. The van der Waals surface area contributed by atoms with E-state index < -0.39 is 0 Å². The van der Waals surface area contributed by atoms with Crippen molar-refractivity contribution in [2.24, 2.45) is 0 Å². The molecule has 20 heavy (non-hydrogen) atoms. The number of fused-ring (bicyclic) bond motifs is 1. The number of amides is 1. The normalized spacial score (nSPS) is 21.0. The highest BCUT2D eigenvalue weighted by Crippen LogP contribution is 2.31. The molecule has 0 unspecified atom stereocenters. The zero-order valence-corrected chi connectivity index (χ0v) is 13.1. The molecule has 1 saturated heterocycles. The molecule has 0 aliphatic carbocycles. The van der Waals surface area contributed by atoms with Crippen LogP contribution >= 0.6 is 11.8 Å². The lowest BCUT2D eigenvalue weighted by Crippen LogP contribution is -2.46. The lowest BCUT2D eigenvalue weighted by Gasteiger charge is -2.37. The second-order valence-electron chi connectivity index (χ2n) is 6.24. The van der Waals surface area contributed by atoms with Gasteiger partial charge >= 0.3 is 0 Å². The van der Waals surface area contributed by atoms with E-state index in [1.165, 1.54) is 11.3 Å². The highest BCUT2D eigenvalue weighted by Gasteiger charge is 2.30. The second kappa shape index (κ2) is 5.32. The van der Waals surface area contributed by atoms with Gasteiger partial charge in [-0.2, -0.15) is 11.8 Å². The topological polar surface area (TPSA) is 32.3 Å². The van der Waals surface area contributed by atoms with Crippen LogP contribution in [0.15, 0.2) is 18.2 Å². The zero-order valence-electron chi connectivity index (χ0n) is 12.2. The van der Waals surface area contributed by atoms with Crippen LogP contribution < -0.4 is 5.32 Å². The summed E-state index contributed by atoms with van der Waals surface area (Å²) in [5, 5.41) is 3.39. The van der Waals surface area contributed by atoms with E-state index in [-0.39, 0.29) is 10.7 Å². The molecule has 0 spiro atoms. The summed E-state index contributed by atoms with van der Waals surface area (Å²) in [6, 6.07) is 6.11. The minimum atomic E-state index is 0.170. The number of anilines is 1. The summed E-state index contributed by atoms with van der Waals surface area (Å²) in [7, 11) is 0. The first kappa shape index (κ1) is 13.8. The largest absolute Gasteiger partial charge is 0.385 e. The summed E-state index contributed by atoms with van der Waals surface area (Å²) in [6.07, 6.45) is 2.23. The van der Waals surface area contributed by atoms with Crippen molar-refractivity contribution in [1.29, 1.82) is 0 Å². The average molecular weight is 290 g/mol. The number of aryl methyl sites for hydroxylation is 1. The Bertz CT molecular complexity index is 527. The van der Waals surface area contributed by atoms with Gasteiger partial charge in [-0.1, -0.05) is 0 Å². The third-order valence-corrected chi connectivity index (χ3v) is 5.30. The van der Waals surface area contributed by atoms with E-state index in [9.17, 15) is 4.79 Å². The molecule has 1 amide bonds. The highest BCUT2D eigenvalue weighted by molar-refractivity contribution is 8.00. The lowest BCUT2D eigenvalue weighted by molar-refractivity contribution is 0.0748. The Hall–Kier alpha value is -1.16. The third-order valence-electron chi connectivity index (χ3n) is 4.00. The van der Waals surface area contributed by atoms with Gasteiger partial charge in [-0.15, -0.1) is 0 Å². The molecule has 0 radical (unpaired) electrons. The number of hydrogen-bond donors (Lipinski definition) is 1. The van der Waals surface area contributed by atoms with E-state index in [1.807, 2.05) is 22.7 Å². The fourth-order valence-corrected chi connectivity index (χ4v) is 4.09. The molecule has 0 saturated carbocycles. The van der Waals surface area contributed by atoms with Crippen LogP contribution in [-0.4, -0.2) is 40.9 Å². The molecule has 0 atom stereocenters. The van der Waals surface area contributed by atoms with E-state index in [2.05, 4.69) is 31.3 Å². The number of rotatable bonds is 1. The van der Waals surface area contributed by atoms with E-state index in [0.29, 0.717) is 0 Å². The molecule has 2 aliphatic rings. The number of nitrogens with zero attached hydrogens (tertiary/aromatic N) is 1. The van der Waals surface area contributed by atoms with Gasteiger partial charge in [0.05, 0.1) is 0 Å². The Labute approximate surface area is 125 Å². The number of carbonyl (C=O) groups is 1. The van der Waals surface area contributed by atoms with Crippen molar-refractivity contribution in [1.82, 2.24) is 4.90 Å². The number of nitrogens with one attached hydrogen (secondary N) is 1. The summed E-state index contributed by atoms with van der Waals surface area (Å²) in [5.74, 6) is 1.22. The Balaban J connectivity index is 1.80. The molecule has 2 aliphatic heterocycles. The third kappa shape index (κ3) is 2.80. The highest BCUT2D eigenvalue weighted by atomic mass is 32.2. The second-order valence-corrected chi connectivity index (χ2v) is 8.04. The molecule has 4 heteroatoms. The molecule has 1 N–H and O–H groups in total. The zero-order chi connectivity index (χ0) is 14.2. The minimum absolute atomic E-state index is 0.170. The molecule has 2 heterocycles. The first-order valence-corrected chi connectivity index (χ1v) is 8.34. The van der Waals surface area contributed by atoms with Crippen LogP contribution in [0, 0.1) is 0 Å². The van der Waals surface area contributed by atoms with E-state index in [1.54, 1.807) is 0 Å². The minimum Gasteiger partial charge on any atom is -0.385 e. The van der Waals surface area contributed by atoms with Crippen molar-refractivity contribution in [3.05, 3.63) is 29.3 Å². The fraction of sp³-hybridized carbons (Fsp3) is 0.562. The predicted molar refractivity (Wildman–Crippen MR) is 85.7 cm³/mol. The lowest BCUT2D eigenvalue weighted by atomic mass is 10.00. The summed E-state index contributed by atoms with van der Waals surface area (Å²) >= 11 is 1.96. The predicted octanol–water partition coefficient (Wildman–Crippen LogP) is 3.01. The van der Waals surface area contributed by atoms with Crippen LogP contribution in [0.5, 0.6) is 0 Å². The van der Waals surface area contributed by atoms with Crippen LogP contribution in [0.4, 0.5) is 5.69 Å². The standard InChI is InChI=1S/C16H22N2OS/c1-16(2)11-18(8-9-20-16)15(19)13-5-6-14-12(10-13)4-3-7-17-14/h5-6,10,17H,3-4,7-9,11H2,1-2H3. The Kier molecular flexibility index (Phi) is 3.67. The van der Waals surface area contributed by atoms with Gasteiger partial charge in [0.1, 0.15) is 0 Å². The maximum Gasteiger partial charge on any atom is 0.253 e. The van der Waals surface area contributed by atoms with Crippen molar-refractivity contribution >= 4 is 23.4 Å². The van der Waals surface area contributed by atoms with E-state index in [4.69, 9.17) is 0 Å². The molecular weight excluding hydrogens is 268 g/mol. The molecular formula is C16H22N2OS. The number of thioether (sulfide) groups is 1. The van der Waals surface area contributed by atoms with Crippen LogP contribution in [0.3, 0.4) is 0 Å². The molecule has 1 fully saturated rings. The maximum absolute atomic E-state index is 12.7. The van der Waals surface area contributed by atoms with Crippen LogP contribution in [0.25, 0.3) is 0 Å². The van der Waals surface area contributed by atoms with Gasteiger partial charge in [-0.05, 0) is 50.5 Å². The van der Waals surface area contributed by atoms with E-state index >= 15 is 0 Å². The van der Waals surface area contributed by atoms with Crippen LogP contribution in [-0.2, 0) is 6.42 Å². The van der Waals surface area contributed by atoms with Gasteiger partial charge in [0, 0.05) is 41.4 Å². The maximum atomic E-state index is 12.7. The first-order chi connectivity index (χ1) is 9.55. The molecule has 1 aromatic carbocycles. The summed E-state index contributed by atoms with van der Waals surface area (Å²) in [4.78, 5) is 14.7. The molecule has 3 nitrogen and oxygen atoms in total. The quantitative estimate of drug-likeness (QED) is 0.863. The monoisotopic (exact) mass is 290 g/mol. The van der Waals surface area contributed by atoms with Crippen molar-refractivity contribution in [2.75, 3.05) is 30.7 Å². The first-order valence-electron chi connectivity index (χ1n) is 7.35. The summed E-state index contributed by atoms with van der Waals surface area (Å²) < 4.78 is 0.170. The average Bonchev–Trinajstić information content (AvgIpc) is 2.45. The molecule has 3 rings (SSSR count). The number of hydrogen-bond acceptors (Lipinski definition) is 3. The smallest absolute Gasteiger partial charge is 0.253 e. The van der Waals surface area contributed by atoms with Crippen LogP contribution in [0.2, 0.25) is 0 Å². The Morgan fingerprint density at radius 2 is 2.25 bits per heavy atom. The van der Waals surface area contributed by atoms with Crippen molar-refractivity contribution in [3.63, 3.8) is 0 Å². The molecule has 108 valence electrons.